The first-order valence-corrected chi connectivity index (χ1v) is 10.6. The quantitative estimate of drug-likeness (QED) is 0.261. The van der Waals surface area contributed by atoms with E-state index in [1.807, 2.05) is 18.2 Å². The predicted molar refractivity (Wildman–Crippen MR) is 128 cm³/mol. The molecular formula is C26H23N3O6. The first-order valence-electron chi connectivity index (χ1n) is 10.6. The second-order valence-corrected chi connectivity index (χ2v) is 7.77. The molecule has 1 unspecified atom stereocenters. The van der Waals surface area contributed by atoms with Gasteiger partial charge in [0.25, 0.3) is 11.8 Å². The number of esters is 1. The summed E-state index contributed by atoms with van der Waals surface area (Å²) in [6, 6.07) is 14.2. The van der Waals surface area contributed by atoms with Gasteiger partial charge in [0.15, 0.2) is 6.23 Å². The van der Waals surface area contributed by atoms with Gasteiger partial charge in [-0.1, -0.05) is 37.4 Å². The third-order valence-corrected chi connectivity index (χ3v) is 5.61. The summed E-state index contributed by atoms with van der Waals surface area (Å²) in [6.45, 7) is 7.51. The van der Waals surface area contributed by atoms with Crippen LogP contribution in [0.5, 0.6) is 0 Å². The van der Waals surface area contributed by atoms with Crippen molar-refractivity contribution in [2.45, 2.75) is 12.8 Å². The van der Waals surface area contributed by atoms with E-state index in [4.69, 9.17) is 4.42 Å². The summed E-state index contributed by atoms with van der Waals surface area (Å²) in [5.41, 5.74) is 3.87. The number of anilines is 1. The lowest BCUT2D eigenvalue weighted by atomic mass is 9.97. The molecule has 0 radical (unpaired) electrons. The summed E-state index contributed by atoms with van der Waals surface area (Å²) < 4.78 is 9.49. The van der Waals surface area contributed by atoms with Gasteiger partial charge >= 0.3 is 5.97 Å². The highest BCUT2D eigenvalue weighted by molar-refractivity contribution is 6.04. The zero-order valence-electron chi connectivity index (χ0n) is 18.9. The van der Waals surface area contributed by atoms with Crippen LogP contribution in [-0.4, -0.2) is 41.1 Å². The predicted octanol–water partition coefficient (Wildman–Crippen LogP) is 3.26. The highest BCUT2D eigenvalue weighted by atomic mass is 16.5. The standard InChI is InChI=1S/C26H23N3O6/c1-15(26(33)34-3)27-23(30)16(2)29-13-22-20(5-4-6-21(22)25(29)32)17-7-9-19(10-8-17)28-24(31)18-11-12-35-14-18/h4-12,14,23,27,30H,1-2,13H2,3H3,(H,28,31). The fourth-order valence-corrected chi connectivity index (χ4v) is 3.74. The lowest BCUT2D eigenvalue weighted by Gasteiger charge is -2.24. The van der Waals surface area contributed by atoms with Crippen LogP contribution < -0.4 is 10.6 Å². The molecule has 0 aliphatic carbocycles. The van der Waals surface area contributed by atoms with E-state index in [-0.39, 0.29) is 29.8 Å². The molecule has 0 saturated heterocycles. The molecule has 0 bridgehead atoms. The second-order valence-electron chi connectivity index (χ2n) is 7.77. The number of aliphatic hydroxyl groups is 1. The number of hydrogen-bond acceptors (Lipinski definition) is 7. The number of methoxy groups -OCH3 is 1. The summed E-state index contributed by atoms with van der Waals surface area (Å²) in [7, 11) is 1.19. The Balaban J connectivity index is 1.51. The molecule has 3 N–H and O–H groups in total. The first kappa shape index (κ1) is 23.5. The maximum atomic E-state index is 13.0. The molecule has 0 saturated carbocycles. The van der Waals surface area contributed by atoms with Crippen LogP contribution in [0, 0.1) is 0 Å². The van der Waals surface area contributed by atoms with E-state index in [1.165, 1.54) is 24.5 Å². The van der Waals surface area contributed by atoms with Crippen LogP contribution in [0.2, 0.25) is 0 Å². The Hall–Kier alpha value is -4.63. The molecule has 178 valence electrons. The average molecular weight is 473 g/mol. The van der Waals surface area contributed by atoms with Crippen LogP contribution in [-0.2, 0) is 16.1 Å². The molecule has 9 heteroatoms. The molecule has 4 rings (SSSR count). The number of hydrogen-bond donors (Lipinski definition) is 3. The third-order valence-electron chi connectivity index (χ3n) is 5.61. The van der Waals surface area contributed by atoms with Gasteiger partial charge in [0.05, 0.1) is 31.2 Å². The number of nitrogens with one attached hydrogen (secondary N) is 2. The van der Waals surface area contributed by atoms with Crippen molar-refractivity contribution in [3.05, 3.63) is 102 Å². The summed E-state index contributed by atoms with van der Waals surface area (Å²) in [5.74, 6) is -1.34. The number of rotatable bonds is 8. The monoisotopic (exact) mass is 473 g/mol. The molecule has 2 amide bonds. The number of fused-ring (bicyclic) bond motifs is 1. The number of ether oxygens (including phenoxy) is 1. The zero-order chi connectivity index (χ0) is 25.1. The molecule has 2 heterocycles. The Labute approximate surface area is 201 Å². The van der Waals surface area contributed by atoms with Gasteiger partial charge in [-0.25, -0.2) is 4.79 Å². The minimum absolute atomic E-state index is 0.0690. The molecule has 2 aromatic carbocycles. The number of benzene rings is 2. The van der Waals surface area contributed by atoms with E-state index in [2.05, 4.69) is 28.5 Å². The van der Waals surface area contributed by atoms with E-state index in [0.29, 0.717) is 16.8 Å². The van der Waals surface area contributed by atoms with Crippen LogP contribution in [0.15, 0.2) is 90.0 Å². The van der Waals surface area contributed by atoms with Crippen molar-refractivity contribution in [2.75, 3.05) is 12.4 Å². The Kier molecular flexibility index (Phi) is 6.52. The van der Waals surface area contributed by atoms with Crippen molar-refractivity contribution in [2.24, 2.45) is 0 Å². The Bertz CT molecular complexity index is 1310. The van der Waals surface area contributed by atoms with E-state index in [1.54, 1.807) is 30.3 Å². The van der Waals surface area contributed by atoms with E-state index in [0.717, 1.165) is 16.7 Å². The average Bonchev–Trinajstić information content (AvgIpc) is 3.52. The summed E-state index contributed by atoms with van der Waals surface area (Å²) in [6.07, 6.45) is 1.38. The molecule has 0 spiro atoms. The lowest BCUT2D eigenvalue weighted by Crippen LogP contribution is -2.39. The van der Waals surface area contributed by atoms with Crippen molar-refractivity contribution in [1.29, 1.82) is 0 Å². The fraction of sp³-hybridized carbons (Fsp3) is 0.115. The smallest absolute Gasteiger partial charge is 0.353 e. The largest absolute Gasteiger partial charge is 0.472 e. The van der Waals surface area contributed by atoms with Gasteiger partial charge < -0.3 is 29.8 Å². The van der Waals surface area contributed by atoms with Gasteiger partial charge in [-0.05, 0) is 41.0 Å². The van der Waals surface area contributed by atoms with Gasteiger partial charge in [0.2, 0.25) is 0 Å². The Morgan fingerprint density at radius 3 is 2.49 bits per heavy atom. The van der Waals surface area contributed by atoms with E-state index < -0.39 is 12.2 Å². The lowest BCUT2D eigenvalue weighted by molar-refractivity contribution is -0.136. The highest BCUT2D eigenvalue weighted by Gasteiger charge is 2.33. The molecule has 0 fully saturated rings. The van der Waals surface area contributed by atoms with Crippen molar-refractivity contribution in [1.82, 2.24) is 10.2 Å². The van der Waals surface area contributed by atoms with Crippen LogP contribution in [0.3, 0.4) is 0 Å². The summed E-state index contributed by atoms with van der Waals surface area (Å²) in [5, 5.41) is 15.7. The minimum atomic E-state index is -1.42. The molecule has 1 aliphatic heterocycles. The topological polar surface area (TPSA) is 121 Å². The van der Waals surface area contributed by atoms with Crippen molar-refractivity contribution in [3.8, 4) is 11.1 Å². The van der Waals surface area contributed by atoms with Crippen LogP contribution in [0.25, 0.3) is 11.1 Å². The molecule has 3 aromatic rings. The fourth-order valence-electron chi connectivity index (χ4n) is 3.74. The van der Waals surface area contributed by atoms with E-state index in [9.17, 15) is 19.5 Å². The Morgan fingerprint density at radius 1 is 1.11 bits per heavy atom. The number of carbonyl (C=O) groups is 3. The number of aliphatic hydroxyl groups excluding tert-OH is 1. The normalized spacial score (nSPS) is 13.1. The van der Waals surface area contributed by atoms with Crippen molar-refractivity contribution >= 4 is 23.5 Å². The van der Waals surface area contributed by atoms with Crippen LogP contribution in [0.1, 0.15) is 26.3 Å². The molecular weight excluding hydrogens is 450 g/mol. The minimum Gasteiger partial charge on any atom is -0.472 e. The number of amides is 2. The highest BCUT2D eigenvalue weighted by Crippen LogP contribution is 2.35. The third kappa shape index (κ3) is 4.71. The zero-order valence-corrected chi connectivity index (χ0v) is 18.9. The first-order chi connectivity index (χ1) is 16.8. The van der Waals surface area contributed by atoms with Gasteiger partial charge in [0, 0.05) is 11.3 Å². The number of furan rings is 1. The maximum absolute atomic E-state index is 13.0. The summed E-state index contributed by atoms with van der Waals surface area (Å²) >= 11 is 0. The van der Waals surface area contributed by atoms with Crippen LogP contribution >= 0.6 is 0 Å². The molecule has 1 atom stereocenters. The molecule has 1 aromatic heterocycles. The SMILES string of the molecule is C=C(NC(O)C(=C)N1Cc2c(cccc2-c2ccc(NC(=O)c3ccoc3)cc2)C1=O)C(=O)OC. The van der Waals surface area contributed by atoms with Gasteiger partial charge in [-0.2, -0.15) is 0 Å². The Morgan fingerprint density at radius 2 is 1.83 bits per heavy atom. The molecule has 1 aliphatic rings. The van der Waals surface area contributed by atoms with Gasteiger partial charge in [0.1, 0.15) is 12.0 Å². The molecule has 9 nitrogen and oxygen atoms in total. The molecule has 35 heavy (non-hydrogen) atoms. The van der Waals surface area contributed by atoms with Gasteiger partial charge in [-0.15, -0.1) is 0 Å². The maximum Gasteiger partial charge on any atom is 0.353 e. The second kappa shape index (κ2) is 9.70. The van der Waals surface area contributed by atoms with Crippen molar-refractivity contribution < 1.29 is 28.6 Å². The number of carbonyl (C=O) groups excluding carboxylic acids is 3. The summed E-state index contributed by atoms with van der Waals surface area (Å²) in [4.78, 5) is 38.2. The number of nitrogens with zero attached hydrogens (tertiary/aromatic N) is 1. The van der Waals surface area contributed by atoms with Crippen LogP contribution in [0.4, 0.5) is 5.69 Å². The van der Waals surface area contributed by atoms with Crippen molar-refractivity contribution in [3.63, 3.8) is 0 Å². The van der Waals surface area contributed by atoms with Gasteiger partial charge in [-0.3, -0.25) is 9.59 Å². The van der Waals surface area contributed by atoms with E-state index >= 15 is 0 Å².